The lowest BCUT2D eigenvalue weighted by Crippen LogP contribution is -1.91. The van der Waals surface area contributed by atoms with E-state index in [-0.39, 0.29) is 0 Å². The van der Waals surface area contributed by atoms with Gasteiger partial charge >= 0.3 is 0 Å². The summed E-state index contributed by atoms with van der Waals surface area (Å²) in [5.41, 5.74) is 7.53. The van der Waals surface area contributed by atoms with Crippen LogP contribution in [0.15, 0.2) is 140 Å². The number of rotatable bonds is 3. The van der Waals surface area contributed by atoms with Crippen LogP contribution in [0.3, 0.4) is 0 Å². The maximum Gasteiger partial charge on any atom is 0.109 e. The Morgan fingerprint density at radius 3 is 1.98 bits per heavy atom. The van der Waals surface area contributed by atoms with E-state index in [4.69, 9.17) is 0 Å². The minimum absolute atomic E-state index is 1.20. The van der Waals surface area contributed by atoms with Gasteiger partial charge in [-0.15, -0.1) is 22.7 Å². The highest BCUT2D eigenvalue weighted by Crippen LogP contribution is 2.45. The number of hydrogen-bond acceptors (Lipinski definition) is 2. The lowest BCUT2D eigenvalue weighted by Gasteiger charge is -2.08. The second kappa shape index (κ2) is 8.90. The van der Waals surface area contributed by atoms with Gasteiger partial charge in [0.05, 0.1) is 5.52 Å². The summed E-state index contributed by atoms with van der Waals surface area (Å²) >= 11 is 3.77. The third-order valence-electron chi connectivity index (χ3n) is 8.22. The van der Waals surface area contributed by atoms with E-state index in [0.717, 1.165) is 0 Å². The van der Waals surface area contributed by atoms with E-state index >= 15 is 0 Å². The quantitative estimate of drug-likeness (QED) is 0.204. The Kier molecular flexibility index (Phi) is 5.00. The molecule has 0 radical (unpaired) electrons. The first kappa shape index (κ1) is 23.0. The summed E-state index contributed by atoms with van der Waals surface area (Å²) < 4.78 is 6.44. The molecule has 1 nitrogen and oxygen atoms in total. The van der Waals surface area contributed by atoms with Crippen LogP contribution in [-0.2, 0) is 0 Å². The molecular weight excluding hydrogens is 535 g/mol. The molecule has 41 heavy (non-hydrogen) atoms. The van der Waals surface area contributed by atoms with E-state index in [1.54, 1.807) is 0 Å². The Morgan fingerprint density at radius 2 is 1.12 bits per heavy atom. The summed E-state index contributed by atoms with van der Waals surface area (Å²) in [7, 11) is 0. The fourth-order valence-corrected chi connectivity index (χ4v) is 8.80. The highest BCUT2D eigenvalue weighted by atomic mass is 32.1. The van der Waals surface area contributed by atoms with E-state index in [2.05, 4.69) is 144 Å². The van der Waals surface area contributed by atoms with Gasteiger partial charge < -0.3 is 4.57 Å². The third kappa shape index (κ3) is 3.46. The molecule has 6 aromatic carbocycles. The SMILES string of the molecule is c1ccc(-c2cccc3c2sc2ccc(-c4ccc5c(c4)c4c6ccccc6sc4n5-c4ccccc4)cc23)cc1. The van der Waals surface area contributed by atoms with Gasteiger partial charge in [0.1, 0.15) is 4.83 Å². The van der Waals surface area contributed by atoms with Gasteiger partial charge in [0.25, 0.3) is 0 Å². The molecule has 9 aromatic rings. The molecule has 0 aliphatic rings. The molecule has 0 atom stereocenters. The highest BCUT2D eigenvalue weighted by molar-refractivity contribution is 7.26. The molecule has 0 fully saturated rings. The van der Waals surface area contributed by atoms with Gasteiger partial charge in [-0.05, 0) is 64.7 Å². The molecule has 192 valence electrons. The van der Waals surface area contributed by atoms with E-state index in [1.165, 1.54) is 79.3 Å². The summed E-state index contributed by atoms with van der Waals surface area (Å²) in [6, 6.07) is 51.0. The summed E-state index contributed by atoms with van der Waals surface area (Å²) in [5, 5.41) is 6.64. The zero-order valence-corrected chi connectivity index (χ0v) is 23.7. The summed E-state index contributed by atoms with van der Waals surface area (Å²) in [6.07, 6.45) is 0. The number of hydrogen-bond donors (Lipinski definition) is 0. The van der Waals surface area contributed by atoms with Crippen molar-refractivity contribution >= 4 is 74.1 Å². The van der Waals surface area contributed by atoms with Crippen LogP contribution in [0.1, 0.15) is 0 Å². The van der Waals surface area contributed by atoms with Crippen molar-refractivity contribution < 1.29 is 0 Å². The normalized spacial score (nSPS) is 11.9. The topological polar surface area (TPSA) is 4.93 Å². The van der Waals surface area contributed by atoms with Crippen molar-refractivity contribution in [2.45, 2.75) is 0 Å². The number of para-hydroxylation sites is 1. The largest absolute Gasteiger partial charge is 0.301 e. The highest BCUT2D eigenvalue weighted by Gasteiger charge is 2.18. The van der Waals surface area contributed by atoms with Crippen molar-refractivity contribution in [2.24, 2.45) is 0 Å². The van der Waals surface area contributed by atoms with Crippen molar-refractivity contribution in [3.8, 4) is 27.9 Å². The molecule has 0 unspecified atom stereocenters. The second-order valence-corrected chi connectivity index (χ2v) is 12.6. The predicted molar refractivity (Wildman–Crippen MR) is 180 cm³/mol. The minimum atomic E-state index is 1.20. The predicted octanol–water partition coefficient (Wildman–Crippen LogP) is 11.7. The molecule has 0 aliphatic heterocycles. The van der Waals surface area contributed by atoms with Gasteiger partial charge in [-0.1, -0.05) is 97.1 Å². The van der Waals surface area contributed by atoms with Crippen LogP contribution in [0, 0.1) is 0 Å². The fraction of sp³-hybridized carbons (Fsp3) is 0. The van der Waals surface area contributed by atoms with Gasteiger partial charge in [-0.3, -0.25) is 0 Å². The average Bonchev–Trinajstić information content (AvgIpc) is 3.70. The van der Waals surface area contributed by atoms with Crippen LogP contribution < -0.4 is 0 Å². The Labute approximate surface area is 245 Å². The third-order valence-corrected chi connectivity index (χ3v) is 10.6. The van der Waals surface area contributed by atoms with Crippen molar-refractivity contribution in [2.75, 3.05) is 0 Å². The Balaban J connectivity index is 1.28. The minimum Gasteiger partial charge on any atom is -0.301 e. The number of fused-ring (bicyclic) bond motifs is 8. The molecule has 0 spiro atoms. The first-order valence-electron chi connectivity index (χ1n) is 13.9. The second-order valence-electron chi connectivity index (χ2n) is 10.5. The van der Waals surface area contributed by atoms with Crippen LogP contribution in [0.5, 0.6) is 0 Å². The van der Waals surface area contributed by atoms with E-state index < -0.39 is 0 Å². The Morgan fingerprint density at radius 1 is 0.439 bits per heavy atom. The zero-order chi connectivity index (χ0) is 26.9. The monoisotopic (exact) mass is 557 g/mol. The zero-order valence-electron chi connectivity index (χ0n) is 22.0. The van der Waals surface area contributed by atoms with E-state index in [1.807, 2.05) is 22.7 Å². The maximum absolute atomic E-state index is 2.43. The molecular formula is C38H23NS2. The smallest absolute Gasteiger partial charge is 0.109 e. The average molecular weight is 558 g/mol. The van der Waals surface area contributed by atoms with Gasteiger partial charge in [0, 0.05) is 46.7 Å². The van der Waals surface area contributed by atoms with Gasteiger partial charge in [0.15, 0.2) is 0 Å². The van der Waals surface area contributed by atoms with Gasteiger partial charge in [-0.25, -0.2) is 0 Å². The number of nitrogens with zero attached hydrogens (tertiary/aromatic N) is 1. The van der Waals surface area contributed by atoms with Crippen LogP contribution in [0.25, 0.3) is 79.3 Å². The first-order chi connectivity index (χ1) is 20.3. The van der Waals surface area contributed by atoms with Crippen molar-refractivity contribution in [1.29, 1.82) is 0 Å². The summed E-state index contributed by atoms with van der Waals surface area (Å²) in [5.74, 6) is 0. The number of thiophene rings is 2. The first-order valence-corrected chi connectivity index (χ1v) is 15.5. The maximum atomic E-state index is 2.43. The lowest BCUT2D eigenvalue weighted by atomic mass is 9.99. The summed E-state index contributed by atoms with van der Waals surface area (Å²) in [6.45, 7) is 0. The van der Waals surface area contributed by atoms with Crippen molar-refractivity contribution in [3.63, 3.8) is 0 Å². The van der Waals surface area contributed by atoms with Crippen LogP contribution >= 0.6 is 22.7 Å². The summed E-state index contributed by atoms with van der Waals surface area (Å²) in [4.78, 5) is 1.30. The molecule has 9 rings (SSSR count). The Bertz CT molecular complexity index is 2410. The lowest BCUT2D eigenvalue weighted by molar-refractivity contribution is 1.19. The molecule has 0 aliphatic carbocycles. The van der Waals surface area contributed by atoms with Gasteiger partial charge in [-0.2, -0.15) is 0 Å². The molecule has 3 heteroatoms. The van der Waals surface area contributed by atoms with Crippen molar-refractivity contribution in [1.82, 2.24) is 4.57 Å². The molecule has 0 saturated carbocycles. The molecule has 0 amide bonds. The van der Waals surface area contributed by atoms with E-state index in [0.29, 0.717) is 0 Å². The van der Waals surface area contributed by atoms with Crippen LogP contribution in [0.2, 0.25) is 0 Å². The molecule has 3 heterocycles. The standard InChI is InChI=1S/C38H23NS2/c1-3-10-24(11-4-1)28-15-9-16-29-31-22-26(19-21-35(31)40-37(28)29)25-18-20-33-32(23-25)36-30-14-7-8-17-34(30)41-38(36)39(33)27-12-5-2-6-13-27/h1-23H. The number of benzene rings is 6. The van der Waals surface area contributed by atoms with Crippen LogP contribution in [0.4, 0.5) is 0 Å². The van der Waals surface area contributed by atoms with Crippen molar-refractivity contribution in [3.05, 3.63) is 140 Å². The van der Waals surface area contributed by atoms with Crippen LogP contribution in [-0.4, -0.2) is 4.57 Å². The fourth-order valence-electron chi connectivity index (χ4n) is 6.33. The molecule has 3 aromatic heterocycles. The van der Waals surface area contributed by atoms with E-state index in [9.17, 15) is 0 Å². The van der Waals surface area contributed by atoms with Gasteiger partial charge in [0.2, 0.25) is 0 Å². The molecule has 0 saturated heterocycles. The Hall–Kier alpha value is -4.70. The molecule has 0 bridgehead atoms. The molecule has 0 N–H and O–H groups in total. The number of aromatic nitrogens is 1.